The van der Waals surface area contributed by atoms with E-state index in [4.69, 9.17) is 0 Å². The average molecular weight is 242 g/mol. The van der Waals surface area contributed by atoms with Crippen molar-refractivity contribution in [1.82, 2.24) is 0 Å². The maximum Gasteiger partial charge on any atom is 0.150 e. The SMILES string of the molecule is CC(C)=CCc1ccc(CC=C(C)C)c(C=O)c1. The number of allylic oxidation sites excluding steroid dienone is 4. The van der Waals surface area contributed by atoms with Crippen LogP contribution in [-0.2, 0) is 12.8 Å². The zero-order valence-corrected chi connectivity index (χ0v) is 11.8. The number of rotatable bonds is 5. The molecule has 0 saturated heterocycles. The number of carbonyl (C=O) groups is 1. The lowest BCUT2D eigenvalue weighted by molar-refractivity contribution is 0.112. The lowest BCUT2D eigenvalue weighted by atomic mass is 9.99. The highest BCUT2D eigenvalue weighted by Crippen LogP contribution is 2.14. The van der Waals surface area contributed by atoms with Crippen molar-refractivity contribution in [2.75, 3.05) is 0 Å². The highest BCUT2D eigenvalue weighted by atomic mass is 16.1. The van der Waals surface area contributed by atoms with Crippen LogP contribution in [0.3, 0.4) is 0 Å². The fourth-order valence-corrected chi connectivity index (χ4v) is 1.70. The van der Waals surface area contributed by atoms with Crippen LogP contribution < -0.4 is 0 Å². The van der Waals surface area contributed by atoms with Crippen LogP contribution in [0.1, 0.15) is 49.2 Å². The lowest BCUT2D eigenvalue weighted by Gasteiger charge is -2.05. The van der Waals surface area contributed by atoms with Crippen molar-refractivity contribution in [1.29, 1.82) is 0 Å². The Morgan fingerprint density at radius 2 is 1.61 bits per heavy atom. The van der Waals surface area contributed by atoms with Gasteiger partial charge in [-0.15, -0.1) is 0 Å². The molecule has 0 bridgehead atoms. The van der Waals surface area contributed by atoms with Crippen LogP contribution >= 0.6 is 0 Å². The molecule has 0 aliphatic carbocycles. The Bertz CT molecular complexity index is 470. The minimum absolute atomic E-state index is 0.812. The van der Waals surface area contributed by atoms with E-state index in [0.29, 0.717) is 0 Å². The first-order valence-corrected chi connectivity index (χ1v) is 6.36. The Kier molecular flexibility index (Phi) is 5.57. The number of hydrogen-bond donors (Lipinski definition) is 0. The van der Waals surface area contributed by atoms with Crippen molar-refractivity contribution in [3.63, 3.8) is 0 Å². The van der Waals surface area contributed by atoms with E-state index in [2.05, 4.69) is 52.0 Å². The van der Waals surface area contributed by atoms with E-state index in [1.54, 1.807) is 0 Å². The summed E-state index contributed by atoms with van der Waals surface area (Å²) in [4.78, 5) is 11.1. The van der Waals surface area contributed by atoms with E-state index in [0.717, 1.165) is 30.3 Å². The average Bonchev–Trinajstić information content (AvgIpc) is 2.34. The quantitative estimate of drug-likeness (QED) is 0.548. The van der Waals surface area contributed by atoms with E-state index >= 15 is 0 Å². The minimum atomic E-state index is 0.812. The maximum atomic E-state index is 11.1. The van der Waals surface area contributed by atoms with Gasteiger partial charge in [0.05, 0.1) is 0 Å². The molecule has 96 valence electrons. The fraction of sp³-hybridized carbons (Fsp3) is 0.353. The van der Waals surface area contributed by atoms with Crippen LogP contribution in [0, 0.1) is 0 Å². The first-order valence-electron chi connectivity index (χ1n) is 6.36. The normalized spacial score (nSPS) is 9.78. The summed E-state index contributed by atoms with van der Waals surface area (Å²) in [6, 6.07) is 6.18. The van der Waals surface area contributed by atoms with Crippen molar-refractivity contribution in [2.45, 2.75) is 40.5 Å². The summed E-state index contributed by atoms with van der Waals surface area (Å²) in [7, 11) is 0. The van der Waals surface area contributed by atoms with Gasteiger partial charge in [0.2, 0.25) is 0 Å². The largest absolute Gasteiger partial charge is 0.298 e. The molecule has 1 aromatic carbocycles. The van der Waals surface area contributed by atoms with Gasteiger partial charge in [0.15, 0.2) is 0 Å². The molecule has 0 spiro atoms. The van der Waals surface area contributed by atoms with Gasteiger partial charge in [-0.1, -0.05) is 35.4 Å². The molecule has 0 aliphatic heterocycles. The van der Waals surface area contributed by atoms with E-state index in [1.165, 1.54) is 16.7 Å². The van der Waals surface area contributed by atoms with Gasteiger partial charge in [0.25, 0.3) is 0 Å². The Balaban J connectivity index is 2.93. The molecule has 0 fully saturated rings. The number of carbonyl (C=O) groups excluding carboxylic acids is 1. The van der Waals surface area contributed by atoms with Gasteiger partial charge in [0.1, 0.15) is 6.29 Å². The molecule has 1 rings (SSSR count). The van der Waals surface area contributed by atoms with Crippen molar-refractivity contribution < 1.29 is 4.79 Å². The van der Waals surface area contributed by atoms with E-state index in [1.807, 2.05) is 6.07 Å². The van der Waals surface area contributed by atoms with E-state index in [-0.39, 0.29) is 0 Å². The van der Waals surface area contributed by atoms with E-state index < -0.39 is 0 Å². The molecular formula is C17H22O. The van der Waals surface area contributed by atoms with E-state index in [9.17, 15) is 4.79 Å². The standard InChI is InChI=1S/C17H22O/c1-13(2)5-7-15-8-10-16(9-6-14(3)4)17(11-15)12-18/h5-6,8,10-12H,7,9H2,1-4H3. The Morgan fingerprint density at radius 3 is 2.17 bits per heavy atom. The van der Waals surface area contributed by atoms with Gasteiger partial charge in [0, 0.05) is 5.56 Å². The van der Waals surface area contributed by atoms with Gasteiger partial charge in [-0.2, -0.15) is 0 Å². The number of hydrogen-bond acceptors (Lipinski definition) is 1. The molecular weight excluding hydrogens is 220 g/mol. The van der Waals surface area contributed by atoms with Crippen molar-refractivity contribution >= 4 is 6.29 Å². The summed E-state index contributed by atoms with van der Waals surface area (Å²) >= 11 is 0. The third-order valence-corrected chi connectivity index (χ3v) is 2.81. The topological polar surface area (TPSA) is 17.1 Å². The number of benzene rings is 1. The predicted octanol–water partition coefficient (Wildman–Crippen LogP) is 4.52. The molecule has 0 amide bonds. The van der Waals surface area contributed by atoms with Gasteiger partial charge in [-0.05, 0) is 57.7 Å². The smallest absolute Gasteiger partial charge is 0.150 e. The summed E-state index contributed by atoms with van der Waals surface area (Å²) < 4.78 is 0. The molecule has 0 heterocycles. The highest BCUT2D eigenvalue weighted by molar-refractivity contribution is 5.77. The molecule has 0 aliphatic rings. The summed E-state index contributed by atoms with van der Waals surface area (Å²) in [5.41, 5.74) is 5.69. The molecule has 0 N–H and O–H groups in total. The lowest BCUT2D eigenvalue weighted by Crippen LogP contribution is -1.94. The Hall–Kier alpha value is -1.63. The summed E-state index contributed by atoms with van der Waals surface area (Å²) in [5.74, 6) is 0. The first kappa shape index (κ1) is 14.4. The Morgan fingerprint density at radius 1 is 1.00 bits per heavy atom. The zero-order chi connectivity index (χ0) is 13.5. The molecule has 0 radical (unpaired) electrons. The number of aldehydes is 1. The third kappa shape index (κ3) is 4.70. The fourth-order valence-electron chi connectivity index (χ4n) is 1.70. The molecule has 18 heavy (non-hydrogen) atoms. The second kappa shape index (κ2) is 6.95. The summed E-state index contributed by atoms with van der Waals surface area (Å²) in [6.45, 7) is 8.32. The van der Waals surface area contributed by atoms with Gasteiger partial charge < -0.3 is 0 Å². The predicted molar refractivity (Wildman–Crippen MR) is 78.1 cm³/mol. The summed E-state index contributed by atoms with van der Waals surface area (Å²) in [5, 5.41) is 0. The highest BCUT2D eigenvalue weighted by Gasteiger charge is 2.01. The van der Waals surface area contributed by atoms with Gasteiger partial charge in [-0.25, -0.2) is 0 Å². The van der Waals surface area contributed by atoms with Crippen LogP contribution in [0.2, 0.25) is 0 Å². The minimum Gasteiger partial charge on any atom is -0.298 e. The van der Waals surface area contributed by atoms with Crippen LogP contribution in [0.15, 0.2) is 41.5 Å². The van der Waals surface area contributed by atoms with Crippen LogP contribution in [0.4, 0.5) is 0 Å². The maximum absolute atomic E-state index is 11.1. The third-order valence-electron chi connectivity index (χ3n) is 2.81. The van der Waals surface area contributed by atoms with Crippen LogP contribution in [0.25, 0.3) is 0 Å². The van der Waals surface area contributed by atoms with Gasteiger partial charge in [-0.3, -0.25) is 4.79 Å². The molecule has 0 atom stereocenters. The monoisotopic (exact) mass is 242 g/mol. The molecule has 0 aromatic heterocycles. The van der Waals surface area contributed by atoms with Crippen LogP contribution in [0.5, 0.6) is 0 Å². The summed E-state index contributed by atoms with van der Waals surface area (Å²) in [6.07, 6.45) is 7.02. The molecule has 1 aromatic rings. The molecule has 0 saturated carbocycles. The van der Waals surface area contributed by atoms with Crippen molar-refractivity contribution in [3.8, 4) is 0 Å². The second-order valence-corrected chi connectivity index (χ2v) is 5.12. The second-order valence-electron chi connectivity index (χ2n) is 5.12. The zero-order valence-electron chi connectivity index (χ0n) is 11.8. The first-order chi connectivity index (χ1) is 8.52. The van der Waals surface area contributed by atoms with Gasteiger partial charge >= 0.3 is 0 Å². The molecule has 1 nitrogen and oxygen atoms in total. The Labute approximate surface area is 110 Å². The van der Waals surface area contributed by atoms with Crippen LogP contribution in [-0.4, -0.2) is 6.29 Å². The van der Waals surface area contributed by atoms with Crippen molar-refractivity contribution in [3.05, 3.63) is 58.2 Å². The molecule has 1 heteroatoms. The van der Waals surface area contributed by atoms with Crippen molar-refractivity contribution in [2.24, 2.45) is 0 Å². The molecule has 0 unspecified atom stereocenters.